The Balaban J connectivity index is 0.000000108. The second kappa shape index (κ2) is 40.2. The number of para-hydroxylation sites is 7. The monoisotopic (exact) mass is 1910 g/mol. The van der Waals surface area contributed by atoms with Gasteiger partial charge in [0.1, 0.15) is 16.6 Å². The molecule has 2 fully saturated rings. The number of aromatic nitrogens is 6. The smallest absolute Gasteiger partial charge is 0.415 e. The Morgan fingerprint density at radius 2 is 0.773 bits per heavy atom. The lowest BCUT2D eigenvalue weighted by atomic mass is 10.0. The molecule has 0 unspecified atom stereocenters. The van der Waals surface area contributed by atoms with Gasteiger partial charge in [0.25, 0.3) is 0 Å². The molecule has 26 nitrogen and oxygen atoms in total. The molecular formula is C113H94N10O16S2. The quantitative estimate of drug-likeness (QED) is 0.0906. The van der Waals surface area contributed by atoms with E-state index in [4.69, 9.17) is 46.8 Å². The topological polar surface area (TPSA) is 260 Å². The summed E-state index contributed by atoms with van der Waals surface area (Å²) >= 11 is 1.54. The number of rotatable bonds is 13. The number of likely N-dealkylation sites (tertiary alicyclic amines) is 1. The summed E-state index contributed by atoms with van der Waals surface area (Å²) in [4.78, 5) is 60.9. The van der Waals surface area contributed by atoms with Gasteiger partial charge in [0.15, 0.2) is 80.6 Å². The lowest BCUT2D eigenvalue weighted by molar-refractivity contribution is 0.116. The zero-order chi connectivity index (χ0) is 96.8. The number of carbonyl (C=O) groups is 4. The minimum absolute atomic E-state index is 0.217. The molecule has 704 valence electrons. The maximum Gasteiger partial charge on any atom is 0.415 e. The Morgan fingerprint density at radius 1 is 0.390 bits per heavy atom. The molecule has 12 heterocycles. The molecule has 1 saturated heterocycles. The molecule has 0 spiro atoms. The van der Waals surface area contributed by atoms with Crippen LogP contribution >= 0.6 is 22.6 Å². The average Bonchev–Trinajstić information content (AvgIpc) is 1.65. The predicted octanol–water partition coefficient (Wildman–Crippen LogP) is 25.3. The molecule has 7 aliphatic rings. The third kappa shape index (κ3) is 19.6. The summed E-state index contributed by atoms with van der Waals surface area (Å²) in [6.07, 6.45) is 13.9. The van der Waals surface area contributed by atoms with Crippen LogP contribution in [-0.2, 0) is 23.1 Å². The van der Waals surface area contributed by atoms with Gasteiger partial charge in [-0.1, -0.05) is 206 Å². The summed E-state index contributed by atoms with van der Waals surface area (Å²) < 4.78 is 89.4. The molecule has 0 radical (unpaired) electrons. The van der Waals surface area contributed by atoms with Gasteiger partial charge in [-0.25, -0.2) is 24.2 Å². The van der Waals surface area contributed by atoms with Gasteiger partial charge >= 0.3 is 24.4 Å². The number of fused-ring (bicyclic) bond motifs is 17. The highest BCUT2D eigenvalue weighted by Crippen LogP contribution is 2.53. The number of methoxy groups -OCH3 is 1. The summed E-state index contributed by atoms with van der Waals surface area (Å²) in [5.74, 6) is 8.08. The van der Waals surface area contributed by atoms with E-state index < -0.39 is 29.2 Å². The second-order valence-electron chi connectivity index (χ2n) is 33.8. The van der Waals surface area contributed by atoms with E-state index in [0.717, 1.165) is 143 Å². The normalized spacial score (nSPS) is 13.9. The zero-order valence-electron chi connectivity index (χ0n) is 77.4. The summed E-state index contributed by atoms with van der Waals surface area (Å²) in [5, 5.41) is 7.27. The van der Waals surface area contributed by atoms with Crippen molar-refractivity contribution in [3.8, 4) is 57.3 Å². The van der Waals surface area contributed by atoms with Gasteiger partial charge in [0, 0.05) is 118 Å². The van der Waals surface area contributed by atoms with Crippen LogP contribution in [-0.4, -0.2) is 137 Å². The van der Waals surface area contributed by atoms with Gasteiger partial charge < -0.3 is 85.1 Å². The van der Waals surface area contributed by atoms with Gasteiger partial charge in [-0.05, 0) is 192 Å². The van der Waals surface area contributed by atoms with Crippen LogP contribution in [0.15, 0.2) is 382 Å². The lowest BCUT2D eigenvalue weighted by Gasteiger charge is -2.30. The van der Waals surface area contributed by atoms with E-state index in [1.807, 2.05) is 369 Å². The van der Waals surface area contributed by atoms with Crippen molar-refractivity contribution in [1.29, 1.82) is 0 Å². The first kappa shape index (κ1) is 91.4. The van der Waals surface area contributed by atoms with E-state index in [2.05, 4.69) is 34.6 Å². The standard InChI is InChI=1S/C25H20N2O3.C24H19N3O3.2C22H18N2O3.C20H19NO4S2/c1-26(2)25(28)30-24-21-11-7-15-27(21)20-10-5-6-12-22(20)29-23(24)19-14-13-17-8-3-4-9-18(17)16-19;1-26(2)24(28)30-22-19-9-6-14-27(19)23-20(10-5-13-25-23)29-21(22)18-12-11-16-7-3-4-8-17(16)15-18;25-22(23-13-7-14-23)27-21-18-11-6-15-24(18)17-10-4-5-12-19(17)26-20(21)16-8-2-1-3-9-16;25-22(23-16-12-13-16)27-21-18-10-6-14-24(18)17-9-4-5-11-19(17)26-20(21)15-7-2-1-3-8-15;1-24-15-11-9-14(10-12-15)20-19(25-27(2,22)23)17-7-5-13-21(17)16-6-3-4-8-18(16)26-20/h3-16H,1-2H3;3-15H,1-2H3;1-6,8-12,15H,7,13-14H2;1-11,14,16H,12-13H2,(H,23,25);3-13,22-23H,1-2H3. The SMILES string of the molecule is CN(C)C(=O)OC1=C(c2ccc3ccccc3c2)Oc2ccccc2-n2cccc21.CN(C)C(=O)OC1=C(c2ccc3ccccc3c2)Oc2cccnc2-n2cccc21.COc1ccc(C2=C(OS(C)(O)O)c3cccn3-c3ccccc3S2)cc1.O=C(NC1CC1)OC1=C(c2ccccc2)Oc2ccccc2-n2cccc21.O=C(OC1=C(c2ccccc2)Oc2ccccc2-n2cccc21)N1CCC1. The third-order valence-corrected chi connectivity index (χ3v) is 25.3. The Bertz CT molecular complexity index is 7580. The van der Waals surface area contributed by atoms with E-state index >= 15 is 0 Å². The van der Waals surface area contributed by atoms with Gasteiger partial charge in [-0.3, -0.25) is 13.7 Å². The van der Waals surface area contributed by atoms with E-state index in [-0.39, 0.29) is 12.1 Å². The fourth-order valence-electron chi connectivity index (χ4n) is 16.5. The molecule has 0 bridgehead atoms. The molecule has 1 saturated carbocycles. The minimum atomic E-state index is -3.21. The predicted molar refractivity (Wildman–Crippen MR) is 548 cm³/mol. The number of ether oxygens (including phenoxy) is 9. The van der Waals surface area contributed by atoms with Crippen molar-refractivity contribution in [2.45, 2.75) is 30.2 Å². The molecule has 0 atom stereocenters. The summed E-state index contributed by atoms with van der Waals surface area (Å²) in [6, 6.07) is 110. The zero-order valence-corrected chi connectivity index (χ0v) is 79.0. The molecule has 24 rings (SSSR count). The Labute approximate surface area is 818 Å². The van der Waals surface area contributed by atoms with E-state index in [0.29, 0.717) is 86.3 Å². The first-order valence-corrected chi connectivity index (χ1v) is 48.2. The molecule has 3 N–H and O–H groups in total. The first-order chi connectivity index (χ1) is 68.8. The van der Waals surface area contributed by atoms with Crippen molar-refractivity contribution in [1.82, 2.24) is 47.8 Å². The van der Waals surface area contributed by atoms with E-state index in [1.54, 1.807) is 46.4 Å². The van der Waals surface area contributed by atoms with E-state index in [9.17, 15) is 28.3 Å². The highest BCUT2D eigenvalue weighted by molar-refractivity contribution is 8.19. The average molecular weight is 1910 g/mol. The molecule has 6 aromatic heterocycles. The number of carbonyl (C=O) groups excluding carboxylic acids is 4. The second-order valence-corrected chi connectivity index (χ2v) is 36.5. The van der Waals surface area contributed by atoms with Crippen LogP contribution in [0.1, 0.15) is 75.5 Å². The fraction of sp³-hybridized carbons (Fsp3) is 0.106. The van der Waals surface area contributed by atoms with Crippen LogP contribution in [0.2, 0.25) is 0 Å². The lowest BCUT2D eigenvalue weighted by Crippen LogP contribution is -2.42. The first-order valence-electron chi connectivity index (χ1n) is 45.5. The molecule has 11 aromatic carbocycles. The molecule has 28 heteroatoms. The van der Waals surface area contributed by atoms with Crippen molar-refractivity contribution >= 4 is 125 Å². The molecule has 17 aromatic rings. The van der Waals surface area contributed by atoms with Crippen LogP contribution in [0.3, 0.4) is 0 Å². The van der Waals surface area contributed by atoms with Crippen molar-refractivity contribution in [2.24, 2.45) is 0 Å². The number of benzene rings is 11. The van der Waals surface area contributed by atoms with Gasteiger partial charge in [-0.2, -0.15) is 0 Å². The maximum atomic E-state index is 12.6. The Kier molecular flexibility index (Phi) is 26.0. The van der Waals surface area contributed by atoms with Crippen LogP contribution in [0.5, 0.6) is 28.7 Å². The number of hydrogen-bond acceptors (Lipinski definition) is 18. The highest BCUT2D eigenvalue weighted by atomic mass is 32.3. The van der Waals surface area contributed by atoms with Crippen molar-refractivity contribution in [3.63, 3.8) is 0 Å². The van der Waals surface area contributed by atoms with Crippen LogP contribution in [0.25, 0.3) is 107 Å². The van der Waals surface area contributed by atoms with Gasteiger partial charge in [0.2, 0.25) is 0 Å². The maximum absolute atomic E-state index is 12.6. The Morgan fingerprint density at radius 3 is 1.23 bits per heavy atom. The molecule has 1 aliphatic carbocycles. The molecule has 4 amide bonds. The molecular weight excluding hydrogens is 1820 g/mol. The van der Waals surface area contributed by atoms with E-state index in [1.165, 1.54) is 27.8 Å². The number of amides is 4. The number of pyridine rings is 1. The van der Waals surface area contributed by atoms with Gasteiger partial charge in [0.05, 0.1) is 63.2 Å². The number of nitrogens with zero attached hydrogens (tertiary/aromatic N) is 9. The van der Waals surface area contributed by atoms with Crippen LogP contribution in [0, 0.1) is 0 Å². The summed E-state index contributed by atoms with van der Waals surface area (Å²) in [5.41, 5.74) is 11.7. The van der Waals surface area contributed by atoms with Crippen molar-refractivity contribution in [2.75, 3.05) is 54.6 Å². The van der Waals surface area contributed by atoms with Crippen LogP contribution < -0.4 is 29.0 Å². The number of hydrogen-bond donors (Lipinski definition) is 3. The largest absolute Gasteiger partial charge is 0.497 e. The van der Waals surface area contributed by atoms with Crippen molar-refractivity contribution in [3.05, 3.63) is 433 Å². The number of nitrogens with one attached hydrogen (secondary N) is 1. The van der Waals surface area contributed by atoms with Crippen molar-refractivity contribution < 1.29 is 75.1 Å². The third-order valence-electron chi connectivity index (χ3n) is 23.7. The molecule has 6 aliphatic heterocycles. The van der Waals surface area contributed by atoms with Crippen LogP contribution in [0.4, 0.5) is 19.2 Å². The minimum Gasteiger partial charge on any atom is -0.497 e. The fourth-order valence-corrected chi connectivity index (χ4v) is 18.2. The van der Waals surface area contributed by atoms with Gasteiger partial charge in [-0.15, -0.1) is 0 Å². The number of alkyl carbamates (subject to hydrolysis) is 1. The number of thioether (sulfide) groups is 1. The Hall–Kier alpha value is -17.3. The highest BCUT2D eigenvalue weighted by Gasteiger charge is 2.36. The molecule has 141 heavy (non-hydrogen) atoms. The summed E-state index contributed by atoms with van der Waals surface area (Å²) in [6.45, 7) is 1.46. The summed E-state index contributed by atoms with van der Waals surface area (Å²) in [7, 11) is 5.01.